The van der Waals surface area contributed by atoms with Crippen molar-refractivity contribution in [2.24, 2.45) is 0 Å². The SMILES string of the molecule is Cc1ccc(S(=O)(=O)n2cc(Br)c3c4n[nH]nc4cnc32)cc1. The van der Waals surface area contributed by atoms with Gasteiger partial charge >= 0.3 is 0 Å². The smallest absolute Gasteiger partial charge is 0.235 e. The molecule has 7 nitrogen and oxygen atoms in total. The van der Waals surface area contributed by atoms with Gasteiger partial charge in [-0.1, -0.05) is 17.7 Å². The number of hydrogen-bond donors (Lipinski definition) is 1. The minimum atomic E-state index is -3.75. The molecule has 3 heterocycles. The molecule has 116 valence electrons. The Morgan fingerprint density at radius 3 is 2.65 bits per heavy atom. The molecule has 0 aliphatic carbocycles. The second kappa shape index (κ2) is 4.87. The van der Waals surface area contributed by atoms with Crippen molar-refractivity contribution >= 4 is 48.0 Å². The summed E-state index contributed by atoms with van der Waals surface area (Å²) in [6.45, 7) is 1.90. The van der Waals surface area contributed by atoms with Crippen molar-refractivity contribution in [3.05, 3.63) is 46.7 Å². The number of benzene rings is 1. The Bertz CT molecular complexity index is 1150. The molecule has 4 aromatic rings. The molecule has 0 saturated carbocycles. The van der Waals surface area contributed by atoms with Crippen LogP contribution < -0.4 is 0 Å². The van der Waals surface area contributed by atoms with Gasteiger partial charge in [0.1, 0.15) is 11.0 Å². The lowest BCUT2D eigenvalue weighted by molar-refractivity contribution is 0.588. The normalized spacial score (nSPS) is 12.3. The summed E-state index contributed by atoms with van der Waals surface area (Å²) in [7, 11) is -3.75. The van der Waals surface area contributed by atoms with E-state index in [9.17, 15) is 8.42 Å². The first-order chi connectivity index (χ1) is 11.0. The Labute approximate surface area is 139 Å². The average molecular weight is 392 g/mol. The first-order valence-electron chi connectivity index (χ1n) is 6.67. The Morgan fingerprint density at radius 2 is 1.91 bits per heavy atom. The number of aryl methyl sites for hydroxylation is 1. The van der Waals surface area contributed by atoms with Crippen molar-refractivity contribution in [1.82, 2.24) is 24.4 Å². The van der Waals surface area contributed by atoms with E-state index < -0.39 is 10.0 Å². The van der Waals surface area contributed by atoms with Gasteiger partial charge in [-0.2, -0.15) is 15.4 Å². The number of H-pyrrole nitrogens is 1. The van der Waals surface area contributed by atoms with E-state index in [2.05, 4.69) is 36.3 Å². The fourth-order valence-corrected chi connectivity index (χ4v) is 4.45. The maximum absolute atomic E-state index is 12.9. The number of rotatable bonds is 2. The van der Waals surface area contributed by atoms with Crippen molar-refractivity contribution < 1.29 is 8.42 Å². The highest BCUT2D eigenvalue weighted by Crippen LogP contribution is 2.32. The molecule has 0 spiro atoms. The van der Waals surface area contributed by atoms with Gasteiger partial charge in [-0.3, -0.25) is 0 Å². The standard InChI is InChI=1S/C14H10BrN5O2S/c1-8-2-4-9(5-3-8)23(21,22)20-7-10(15)12-13-11(17-19-18-13)6-16-14(12)20/h2-7H,1H3,(H,17,18,19). The fourth-order valence-electron chi connectivity index (χ4n) is 2.43. The first-order valence-corrected chi connectivity index (χ1v) is 8.90. The Hall–Kier alpha value is -2.26. The van der Waals surface area contributed by atoms with E-state index in [1.165, 1.54) is 12.4 Å². The minimum absolute atomic E-state index is 0.203. The number of aromatic nitrogens is 5. The van der Waals surface area contributed by atoms with Crippen LogP contribution in [0.1, 0.15) is 5.56 Å². The molecule has 4 rings (SSSR count). The Morgan fingerprint density at radius 1 is 1.17 bits per heavy atom. The Kier molecular flexibility index (Phi) is 3.03. The third-order valence-electron chi connectivity index (χ3n) is 3.60. The molecule has 0 saturated heterocycles. The monoisotopic (exact) mass is 391 g/mol. The van der Waals surface area contributed by atoms with Gasteiger partial charge in [0.15, 0.2) is 5.65 Å². The molecule has 9 heteroatoms. The van der Waals surface area contributed by atoms with Crippen LogP contribution in [0.5, 0.6) is 0 Å². The summed E-state index contributed by atoms with van der Waals surface area (Å²) in [5, 5.41) is 11.2. The first kappa shape index (κ1) is 14.3. The van der Waals surface area contributed by atoms with E-state index >= 15 is 0 Å². The summed E-state index contributed by atoms with van der Waals surface area (Å²) in [5.41, 5.74) is 2.44. The second-order valence-electron chi connectivity index (χ2n) is 5.11. The maximum atomic E-state index is 12.9. The summed E-state index contributed by atoms with van der Waals surface area (Å²) in [6.07, 6.45) is 2.98. The molecule has 0 bridgehead atoms. The van der Waals surface area contributed by atoms with Gasteiger partial charge in [0.05, 0.1) is 16.5 Å². The molecule has 0 fully saturated rings. The fraction of sp³-hybridized carbons (Fsp3) is 0.0714. The molecular formula is C14H10BrN5O2S. The number of halogens is 1. The van der Waals surface area contributed by atoms with E-state index in [1.807, 2.05) is 6.92 Å². The van der Waals surface area contributed by atoms with Crippen LogP contribution in [0.3, 0.4) is 0 Å². The minimum Gasteiger partial charge on any atom is -0.235 e. The number of fused-ring (bicyclic) bond motifs is 3. The highest BCUT2D eigenvalue weighted by atomic mass is 79.9. The van der Waals surface area contributed by atoms with Crippen LogP contribution in [0.4, 0.5) is 0 Å². The van der Waals surface area contributed by atoms with Gasteiger partial charge in [0.25, 0.3) is 10.0 Å². The van der Waals surface area contributed by atoms with Crippen LogP contribution in [-0.2, 0) is 10.0 Å². The average Bonchev–Trinajstić information content (AvgIpc) is 3.12. The molecule has 23 heavy (non-hydrogen) atoms. The van der Waals surface area contributed by atoms with Gasteiger partial charge in [0, 0.05) is 10.7 Å². The number of aromatic amines is 1. The molecule has 0 unspecified atom stereocenters. The maximum Gasteiger partial charge on any atom is 0.269 e. The van der Waals surface area contributed by atoms with Crippen LogP contribution in [0, 0.1) is 6.92 Å². The van der Waals surface area contributed by atoms with Gasteiger partial charge in [-0.25, -0.2) is 17.4 Å². The van der Waals surface area contributed by atoms with Gasteiger partial charge in [-0.05, 0) is 35.0 Å². The van der Waals surface area contributed by atoms with Crippen LogP contribution in [-0.4, -0.2) is 32.8 Å². The van der Waals surface area contributed by atoms with Gasteiger partial charge in [0.2, 0.25) is 0 Å². The van der Waals surface area contributed by atoms with Crippen LogP contribution in [0.2, 0.25) is 0 Å². The van der Waals surface area contributed by atoms with Crippen molar-refractivity contribution in [1.29, 1.82) is 0 Å². The molecule has 3 aromatic heterocycles. The third kappa shape index (κ3) is 2.07. The largest absolute Gasteiger partial charge is 0.269 e. The number of nitrogens with one attached hydrogen (secondary N) is 1. The summed E-state index contributed by atoms with van der Waals surface area (Å²) < 4.78 is 27.6. The topological polar surface area (TPSA) is 93.5 Å². The highest BCUT2D eigenvalue weighted by Gasteiger charge is 2.23. The Balaban J connectivity index is 2.04. The van der Waals surface area contributed by atoms with Crippen LogP contribution in [0.25, 0.3) is 22.1 Å². The van der Waals surface area contributed by atoms with E-state index in [-0.39, 0.29) is 4.90 Å². The molecule has 0 aliphatic rings. The zero-order valence-corrected chi connectivity index (χ0v) is 14.3. The summed E-state index contributed by atoms with van der Waals surface area (Å²) in [5.74, 6) is 0. The van der Waals surface area contributed by atoms with E-state index in [0.29, 0.717) is 26.5 Å². The second-order valence-corrected chi connectivity index (χ2v) is 7.77. The van der Waals surface area contributed by atoms with E-state index in [1.54, 1.807) is 24.3 Å². The number of pyridine rings is 1. The zero-order chi connectivity index (χ0) is 16.2. The summed E-state index contributed by atoms with van der Waals surface area (Å²) >= 11 is 3.39. The number of nitrogens with zero attached hydrogens (tertiary/aromatic N) is 4. The lowest BCUT2D eigenvalue weighted by Gasteiger charge is -2.07. The van der Waals surface area contributed by atoms with Crippen molar-refractivity contribution in [2.45, 2.75) is 11.8 Å². The number of hydrogen-bond acceptors (Lipinski definition) is 5. The van der Waals surface area contributed by atoms with Gasteiger partial charge in [-0.15, -0.1) is 0 Å². The molecule has 0 aliphatic heterocycles. The van der Waals surface area contributed by atoms with E-state index in [0.717, 1.165) is 9.54 Å². The molecule has 0 radical (unpaired) electrons. The quantitative estimate of drug-likeness (QED) is 0.566. The lowest BCUT2D eigenvalue weighted by Crippen LogP contribution is -2.12. The van der Waals surface area contributed by atoms with Crippen molar-refractivity contribution in [3.8, 4) is 0 Å². The zero-order valence-electron chi connectivity index (χ0n) is 11.9. The van der Waals surface area contributed by atoms with E-state index in [4.69, 9.17) is 0 Å². The molecular weight excluding hydrogens is 382 g/mol. The highest BCUT2D eigenvalue weighted by molar-refractivity contribution is 9.10. The third-order valence-corrected chi connectivity index (χ3v) is 5.87. The lowest BCUT2D eigenvalue weighted by atomic mass is 10.2. The molecule has 1 N–H and O–H groups in total. The molecule has 1 aromatic carbocycles. The summed E-state index contributed by atoms with van der Waals surface area (Å²) in [6, 6.07) is 6.69. The van der Waals surface area contributed by atoms with Crippen LogP contribution >= 0.6 is 15.9 Å². The van der Waals surface area contributed by atoms with Crippen molar-refractivity contribution in [3.63, 3.8) is 0 Å². The summed E-state index contributed by atoms with van der Waals surface area (Å²) in [4.78, 5) is 4.45. The molecule has 0 atom stereocenters. The predicted molar refractivity (Wildman–Crippen MR) is 88.6 cm³/mol. The predicted octanol–water partition coefficient (Wildman–Crippen LogP) is 2.62. The van der Waals surface area contributed by atoms with Crippen molar-refractivity contribution in [2.75, 3.05) is 0 Å². The van der Waals surface area contributed by atoms with Crippen LogP contribution in [0.15, 0.2) is 46.0 Å². The molecule has 0 amide bonds. The van der Waals surface area contributed by atoms with Gasteiger partial charge < -0.3 is 0 Å².